The molecule has 1 aromatic carbocycles. The summed E-state index contributed by atoms with van der Waals surface area (Å²) >= 11 is 5.09. The van der Waals surface area contributed by atoms with Crippen LogP contribution in [-0.4, -0.2) is 11.2 Å². The van der Waals surface area contributed by atoms with Crippen molar-refractivity contribution in [1.29, 1.82) is 0 Å². The Bertz CT molecular complexity index is 797. The molecule has 0 saturated heterocycles. The lowest BCUT2D eigenvalue weighted by Crippen LogP contribution is -2.30. The summed E-state index contributed by atoms with van der Waals surface area (Å²) in [6.45, 7) is 0. The molecule has 0 radical (unpaired) electrons. The third-order valence-corrected chi connectivity index (χ3v) is 3.44. The monoisotopic (exact) mass is 328 g/mol. The quantitative estimate of drug-likeness (QED) is 0.655. The predicted molar refractivity (Wildman–Crippen MR) is 79.9 cm³/mol. The zero-order valence-corrected chi connectivity index (χ0v) is 12.0. The summed E-state index contributed by atoms with van der Waals surface area (Å²) < 4.78 is 43.6. The van der Waals surface area contributed by atoms with Crippen LogP contribution >= 0.6 is 12.2 Å². The van der Waals surface area contributed by atoms with Crippen LogP contribution in [0.5, 0.6) is 0 Å². The predicted octanol–water partition coefficient (Wildman–Crippen LogP) is 3.26. The van der Waals surface area contributed by atoms with Crippen molar-refractivity contribution in [3.05, 3.63) is 40.2 Å². The van der Waals surface area contributed by atoms with Crippen molar-refractivity contribution in [1.82, 2.24) is 5.32 Å². The van der Waals surface area contributed by atoms with Crippen LogP contribution in [0.2, 0.25) is 0 Å². The van der Waals surface area contributed by atoms with Crippen LogP contribution in [0.4, 0.5) is 18.9 Å². The van der Waals surface area contributed by atoms with Crippen LogP contribution in [0.3, 0.4) is 0 Å². The molecule has 0 atom stereocenters. The molecule has 0 spiro atoms. The number of halogens is 3. The number of benzene rings is 1. The number of thiocarbonyl (C=S) groups is 1. The number of hydrogen-bond donors (Lipinski definition) is 2. The molecule has 1 fully saturated rings. The molecule has 1 aliphatic rings. The van der Waals surface area contributed by atoms with Crippen LogP contribution in [0.1, 0.15) is 18.4 Å². The van der Waals surface area contributed by atoms with Crippen molar-refractivity contribution >= 4 is 34.0 Å². The van der Waals surface area contributed by atoms with Crippen molar-refractivity contribution in [3.8, 4) is 0 Å². The minimum Gasteiger partial charge on any atom is -0.423 e. The minimum absolute atomic E-state index is 0.140. The molecule has 2 aromatic rings. The summed E-state index contributed by atoms with van der Waals surface area (Å²) in [5.41, 5.74) is -1.74. The van der Waals surface area contributed by atoms with Crippen LogP contribution in [0, 0.1) is 0 Å². The normalized spacial score (nSPS) is 14.9. The number of alkyl halides is 3. The lowest BCUT2D eigenvalue weighted by Gasteiger charge is -2.12. The van der Waals surface area contributed by atoms with Gasteiger partial charge in [0.1, 0.15) is 5.58 Å². The highest BCUT2D eigenvalue weighted by molar-refractivity contribution is 7.80. The van der Waals surface area contributed by atoms with Gasteiger partial charge in [0.2, 0.25) is 0 Å². The minimum atomic E-state index is -4.62. The maximum absolute atomic E-state index is 12.9. The maximum Gasteiger partial charge on any atom is 0.417 e. The summed E-state index contributed by atoms with van der Waals surface area (Å²) in [6, 6.07) is 4.85. The molecule has 116 valence electrons. The van der Waals surface area contributed by atoms with Crippen molar-refractivity contribution in [2.45, 2.75) is 25.1 Å². The van der Waals surface area contributed by atoms with Gasteiger partial charge in [-0.1, -0.05) is 0 Å². The van der Waals surface area contributed by atoms with E-state index in [9.17, 15) is 18.0 Å². The molecule has 1 aromatic heterocycles. The topological polar surface area (TPSA) is 54.3 Å². The average molecular weight is 328 g/mol. The van der Waals surface area contributed by atoms with Crippen molar-refractivity contribution < 1.29 is 17.6 Å². The van der Waals surface area contributed by atoms with E-state index in [1.165, 1.54) is 18.2 Å². The van der Waals surface area contributed by atoms with Crippen molar-refractivity contribution in [3.63, 3.8) is 0 Å². The molecule has 22 heavy (non-hydrogen) atoms. The van der Waals surface area contributed by atoms with Gasteiger partial charge in [0, 0.05) is 29.2 Å². The SMILES string of the molecule is O=c1cc(C(F)(F)F)c2ccc(NC(=S)NC3CC3)cc2o1. The molecule has 1 saturated carbocycles. The molecule has 8 heteroatoms. The average Bonchev–Trinajstić information content (AvgIpc) is 3.20. The molecule has 1 aliphatic carbocycles. The highest BCUT2D eigenvalue weighted by Gasteiger charge is 2.33. The Labute approximate surface area is 128 Å². The Balaban J connectivity index is 1.95. The van der Waals surface area contributed by atoms with E-state index in [1.54, 1.807) is 0 Å². The number of anilines is 1. The first kappa shape index (κ1) is 14.8. The van der Waals surface area contributed by atoms with Gasteiger partial charge in [0.15, 0.2) is 5.11 Å². The lowest BCUT2D eigenvalue weighted by molar-refractivity contribution is -0.136. The van der Waals surface area contributed by atoms with Gasteiger partial charge in [-0.2, -0.15) is 13.2 Å². The number of fused-ring (bicyclic) bond motifs is 1. The van der Waals surface area contributed by atoms with E-state index in [2.05, 4.69) is 10.6 Å². The van der Waals surface area contributed by atoms with E-state index in [4.69, 9.17) is 16.6 Å². The van der Waals surface area contributed by atoms with Gasteiger partial charge >= 0.3 is 11.8 Å². The Morgan fingerprint density at radius 1 is 1.27 bits per heavy atom. The van der Waals surface area contributed by atoms with Crippen LogP contribution in [-0.2, 0) is 6.18 Å². The molecule has 0 aliphatic heterocycles. The fourth-order valence-electron chi connectivity index (χ4n) is 2.06. The van der Waals surface area contributed by atoms with Crippen LogP contribution in [0.25, 0.3) is 11.0 Å². The second kappa shape index (κ2) is 5.28. The second-order valence-electron chi connectivity index (χ2n) is 5.06. The van der Waals surface area contributed by atoms with E-state index < -0.39 is 17.4 Å². The highest BCUT2D eigenvalue weighted by Crippen LogP contribution is 2.34. The van der Waals surface area contributed by atoms with Gasteiger partial charge in [0.25, 0.3) is 0 Å². The van der Waals surface area contributed by atoms with Gasteiger partial charge in [-0.05, 0) is 37.2 Å². The molecule has 1 heterocycles. The summed E-state index contributed by atoms with van der Waals surface area (Å²) in [5, 5.41) is 6.12. The van der Waals surface area contributed by atoms with Crippen molar-refractivity contribution in [2.24, 2.45) is 0 Å². The molecule has 0 unspecified atom stereocenters. The molecular weight excluding hydrogens is 317 g/mol. The summed E-state index contributed by atoms with van der Waals surface area (Å²) in [5.74, 6) is 0. The zero-order chi connectivity index (χ0) is 15.9. The van der Waals surface area contributed by atoms with E-state index in [-0.39, 0.29) is 11.0 Å². The van der Waals surface area contributed by atoms with Gasteiger partial charge in [-0.25, -0.2) is 4.79 Å². The van der Waals surface area contributed by atoms with Gasteiger partial charge in [-0.15, -0.1) is 0 Å². The van der Waals surface area contributed by atoms with Gasteiger partial charge in [-0.3, -0.25) is 0 Å². The zero-order valence-electron chi connectivity index (χ0n) is 11.2. The Morgan fingerprint density at radius 2 is 2.00 bits per heavy atom. The Kier molecular flexibility index (Phi) is 3.56. The highest BCUT2D eigenvalue weighted by atomic mass is 32.1. The maximum atomic E-state index is 12.9. The second-order valence-corrected chi connectivity index (χ2v) is 5.47. The number of hydrogen-bond acceptors (Lipinski definition) is 3. The molecular formula is C14H11F3N2O2S. The van der Waals surface area contributed by atoms with Crippen LogP contribution < -0.4 is 16.3 Å². The molecule has 3 rings (SSSR count). The first-order valence-electron chi connectivity index (χ1n) is 6.55. The molecule has 0 amide bonds. The fourth-order valence-corrected chi connectivity index (χ4v) is 2.34. The smallest absolute Gasteiger partial charge is 0.417 e. The molecule has 0 bridgehead atoms. The Hall–Kier alpha value is -2.09. The van der Waals surface area contributed by atoms with Gasteiger partial charge < -0.3 is 15.1 Å². The van der Waals surface area contributed by atoms with Crippen LogP contribution in [0.15, 0.2) is 33.5 Å². The van der Waals surface area contributed by atoms with E-state index in [0.717, 1.165) is 12.8 Å². The Morgan fingerprint density at radius 3 is 2.64 bits per heavy atom. The molecule has 2 N–H and O–H groups in total. The summed E-state index contributed by atoms with van der Waals surface area (Å²) in [7, 11) is 0. The first-order chi connectivity index (χ1) is 10.3. The standard InChI is InChI=1S/C14H11F3N2O2S/c15-14(16,17)10-6-12(20)21-11-5-8(3-4-9(10)11)19-13(22)18-7-1-2-7/h3-7H,1-2H2,(H2,18,19,22). The van der Waals surface area contributed by atoms with Crippen molar-refractivity contribution in [2.75, 3.05) is 5.32 Å². The largest absolute Gasteiger partial charge is 0.423 e. The number of rotatable bonds is 2. The first-order valence-corrected chi connectivity index (χ1v) is 6.96. The van der Waals surface area contributed by atoms with E-state index in [0.29, 0.717) is 22.9 Å². The molecule has 4 nitrogen and oxygen atoms in total. The third-order valence-electron chi connectivity index (χ3n) is 3.22. The summed E-state index contributed by atoms with van der Waals surface area (Å²) in [4.78, 5) is 11.3. The summed E-state index contributed by atoms with van der Waals surface area (Å²) in [6.07, 6.45) is -2.53. The van der Waals surface area contributed by atoms with E-state index in [1.807, 2.05) is 0 Å². The lowest BCUT2D eigenvalue weighted by atomic mass is 10.1. The number of nitrogens with one attached hydrogen (secondary N) is 2. The fraction of sp³-hybridized carbons (Fsp3) is 0.286. The van der Waals surface area contributed by atoms with Gasteiger partial charge in [0.05, 0.1) is 5.56 Å². The third kappa shape index (κ3) is 3.22. The van der Waals surface area contributed by atoms with E-state index >= 15 is 0 Å².